The molecule has 0 unspecified atom stereocenters. The van der Waals surface area contributed by atoms with Crippen LogP contribution in [-0.4, -0.2) is 43.8 Å². The first-order valence-electron chi connectivity index (χ1n) is 5.98. The quantitative estimate of drug-likeness (QED) is 0.709. The SMILES string of the molecule is CNC1=NS(=O)(=O)N=C1NCCSCc1snc(C)c1Br. The lowest BCUT2D eigenvalue weighted by atomic mass is 10.4. The molecule has 1 aliphatic heterocycles. The van der Waals surface area contributed by atoms with Gasteiger partial charge in [0, 0.05) is 30.0 Å². The van der Waals surface area contributed by atoms with Crippen LogP contribution in [0.4, 0.5) is 0 Å². The maximum Gasteiger partial charge on any atom is 0.367 e. The Labute approximate surface area is 140 Å². The van der Waals surface area contributed by atoms with Gasteiger partial charge in [-0.15, -0.1) is 8.80 Å². The molecule has 0 aromatic carbocycles. The number of halogens is 1. The summed E-state index contributed by atoms with van der Waals surface area (Å²) >= 11 is 6.74. The van der Waals surface area contributed by atoms with Crippen molar-refractivity contribution in [2.45, 2.75) is 12.7 Å². The fourth-order valence-corrected chi connectivity index (χ4v) is 4.85. The third-order valence-corrected chi connectivity index (χ3v) is 6.75. The zero-order valence-corrected chi connectivity index (χ0v) is 15.4. The summed E-state index contributed by atoms with van der Waals surface area (Å²) in [6.07, 6.45) is 0. The zero-order chi connectivity index (χ0) is 15.5. The van der Waals surface area contributed by atoms with Gasteiger partial charge in [-0.1, -0.05) is 0 Å². The van der Waals surface area contributed by atoms with Gasteiger partial charge in [0.05, 0.1) is 10.2 Å². The zero-order valence-electron chi connectivity index (χ0n) is 11.4. The maximum absolute atomic E-state index is 11.3. The number of nitrogens with zero attached hydrogens (tertiary/aromatic N) is 3. The van der Waals surface area contributed by atoms with E-state index in [2.05, 4.69) is 39.7 Å². The van der Waals surface area contributed by atoms with Gasteiger partial charge in [0.25, 0.3) is 0 Å². The minimum atomic E-state index is -3.71. The summed E-state index contributed by atoms with van der Waals surface area (Å²) in [5.41, 5.74) is 1.01. The molecule has 116 valence electrons. The van der Waals surface area contributed by atoms with Crippen molar-refractivity contribution in [2.24, 2.45) is 8.80 Å². The molecule has 0 fully saturated rings. The first kappa shape index (κ1) is 16.7. The van der Waals surface area contributed by atoms with Gasteiger partial charge in [-0.3, -0.25) is 0 Å². The van der Waals surface area contributed by atoms with Crippen LogP contribution in [0.1, 0.15) is 10.6 Å². The monoisotopic (exact) mass is 411 g/mol. The number of nitrogens with one attached hydrogen (secondary N) is 2. The van der Waals surface area contributed by atoms with E-state index < -0.39 is 10.2 Å². The first-order chi connectivity index (χ1) is 9.93. The number of rotatable bonds is 5. The van der Waals surface area contributed by atoms with E-state index in [1.165, 1.54) is 16.4 Å². The second kappa shape index (κ2) is 7.07. The predicted octanol–water partition coefficient (Wildman–Crippen LogP) is 1.31. The van der Waals surface area contributed by atoms with Crippen LogP contribution in [0.25, 0.3) is 0 Å². The van der Waals surface area contributed by atoms with Gasteiger partial charge in [0.2, 0.25) is 0 Å². The first-order valence-corrected chi connectivity index (χ1v) is 10.1. The van der Waals surface area contributed by atoms with Crippen LogP contribution in [0.2, 0.25) is 0 Å². The van der Waals surface area contributed by atoms with Crippen LogP contribution in [-0.2, 0) is 16.0 Å². The summed E-state index contributed by atoms with van der Waals surface area (Å²) in [7, 11) is -2.11. The minimum absolute atomic E-state index is 0.251. The third kappa shape index (κ3) is 4.41. The van der Waals surface area contributed by atoms with Crippen molar-refractivity contribution in [2.75, 3.05) is 19.3 Å². The van der Waals surface area contributed by atoms with Crippen LogP contribution in [0, 0.1) is 6.92 Å². The molecule has 21 heavy (non-hydrogen) atoms. The second-order valence-electron chi connectivity index (χ2n) is 4.06. The maximum atomic E-state index is 11.3. The van der Waals surface area contributed by atoms with E-state index in [1.807, 2.05) is 6.92 Å². The number of amidine groups is 2. The Morgan fingerprint density at radius 1 is 1.33 bits per heavy atom. The highest BCUT2D eigenvalue weighted by molar-refractivity contribution is 9.10. The van der Waals surface area contributed by atoms with Crippen LogP contribution < -0.4 is 10.6 Å². The van der Waals surface area contributed by atoms with Gasteiger partial charge in [0.1, 0.15) is 0 Å². The third-order valence-electron chi connectivity index (χ3n) is 2.50. The lowest BCUT2D eigenvalue weighted by Gasteiger charge is -2.06. The Morgan fingerprint density at radius 2 is 2.05 bits per heavy atom. The molecule has 0 spiro atoms. The standard InChI is InChI=1S/C10H14BrN5O2S3/c1-6-8(11)7(20-14-6)5-19-4-3-13-10-9(12-2)15-21(17,18)16-10/h3-5H2,1-2H3,(H,12,15)(H,13,16). The van der Waals surface area contributed by atoms with Crippen LogP contribution >= 0.6 is 39.2 Å². The number of hydrogen-bond donors (Lipinski definition) is 2. The smallest absolute Gasteiger partial charge is 0.367 e. The van der Waals surface area contributed by atoms with Crippen LogP contribution in [0.15, 0.2) is 13.3 Å². The molecule has 2 rings (SSSR count). The number of aromatic nitrogens is 1. The fraction of sp³-hybridized carbons (Fsp3) is 0.500. The Balaban J connectivity index is 1.76. The van der Waals surface area contributed by atoms with Crippen molar-refractivity contribution in [3.05, 3.63) is 15.0 Å². The molecular formula is C10H14BrN5O2S3. The van der Waals surface area contributed by atoms with E-state index in [0.717, 1.165) is 21.7 Å². The molecule has 1 aromatic heterocycles. The van der Waals surface area contributed by atoms with Crippen molar-refractivity contribution in [3.63, 3.8) is 0 Å². The Morgan fingerprint density at radius 3 is 2.67 bits per heavy atom. The molecule has 0 aliphatic carbocycles. The highest BCUT2D eigenvalue weighted by Crippen LogP contribution is 2.28. The largest absolute Gasteiger partial charge is 0.369 e. The van der Waals surface area contributed by atoms with Gasteiger partial charge in [-0.25, -0.2) is 0 Å². The molecule has 0 radical (unpaired) electrons. The van der Waals surface area contributed by atoms with E-state index >= 15 is 0 Å². The lowest BCUT2D eigenvalue weighted by Crippen LogP contribution is -2.37. The Bertz CT molecular complexity index is 683. The van der Waals surface area contributed by atoms with Crippen molar-refractivity contribution in [1.82, 2.24) is 15.0 Å². The molecule has 1 aromatic rings. The van der Waals surface area contributed by atoms with E-state index in [1.54, 1.807) is 18.8 Å². The minimum Gasteiger partial charge on any atom is -0.369 e. The summed E-state index contributed by atoms with van der Waals surface area (Å²) in [5, 5.41) is 5.68. The van der Waals surface area contributed by atoms with Crippen molar-refractivity contribution in [3.8, 4) is 0 Å². The molecule has 0 atom stereocenters. The molecule has 0 saturated carbocycles. The molecule has 0 bridgehead atoms. The van der Waals surface area contributed by atoms with Crippen molar-refractivity contribution in [1.29, 1.82) is 0 Å². The van der Waals surface area contributed by atoms with E-state index in [0.29, 0.717) is 6.54 Å². The number of likely N-dealkylation sites (N-methyl/N-ethyl adjacent to an activating group) is 1. The Hall–Kier alpha value is -0.650. The molecule has 11 heteroatoms. The molecule has 7 nitrogen and oxygen atoms in total. The normalized spacial score (nSPS) is 16.5. The molecule has 0 amide bonds. The fourth-order valence-electron chi connectivity index (χ4n) is 1.52. The summed E-state index contributed by atoms with van der Waals surface area (Å²) in [6.45, 7) is 2.57. The molecule has 2 N–H and O–H groups in total. The highest BCUT2D eigenvalue weighted by Gasteiger charge is 2.22. The number of aryl methyl sites for hydroxylation is 1. The predicted molar refractivity (Wildman–Crippen MR) is 91.6 cm³/mol. The van der Waals surface area contributed by atoms with E-state index in [4.69, 9.17) is 0 Å². The molecule has 2 heterocycles. The van der Waals surface area contributed by atoms with Gasteiger partial charge in [0.15, 0.2) is 11.7 Å². The van der Waals surface area contributed by atoms with Gasteiger partial charge >= 0.3 is 10.2 Å². The second-order valence-corrected chi connectivity index (χ2v) is 8.08. The van der Waals surface area contributed by atoms with E-state index in [9.17, 15) is 8.42 Å². The van der Waals surface area contributed by atoms with Crippen LogP contribution in [0.3, 0.4) is 0 Å². The van der Waals surface area contributed by atoms with E-state index in [-0.39, 0.29) is 11.7 Å². The molecule has 0 saturated heterocycles. The van der Waals surface area contributed by atoms with Crippen molar-refractivity contribution >= 4 is 61.1 Å². The van der Waals surface area contributed by atoms with Gasteiger partial charge in [-0.05, 0) is 34.4 Å². The average molecular weight is 412 g/mol. The summed E-state index contributed by atoms with van der Waals surface area (Å²) < 4.78 is 34.9. The summed E-state index contributed by atoms with van der Waals surface area (Å²) in [4.78, 5) is 1.20. The average Bonchev–Trinajstić information content (AvgIpc) is 2.91. The number of hydrogen-bond acceptors (Lipinski definition) is 7. The topological polar surface area (TPSA) is 95.8 Å². The number of thioether (sulfide) groups is 1. The molecule has 1 aliphatic rings. The highest BCUT2D eigenvalue weighted by atomic mass is 79.9. The summed E-state index contributed by atoms with van der Waals surface area (Å²) in [5.74, 6) is 2.21. The lowest BCUT2D eigenvalue weighted by molar-refractivity contribution is 0.600. The van der Waals surface area contributed by atoms with Crippen LogP contribution in [0.5, 0.6) is 0 Å². The molecular weight excluding hydrogens is 398 g/mol. The summed E-state index contributed by atoms with van der Waals surface area (Å²) in [6, 6.07) is 0. The van der Waals surface area contributed by atoms with Crippen molar-refractivity contribution < 1.29 is 8.42 Å². The Kier molecular flexibility index (Phi) is 5.63. The van der Waals surface area contributed by atoms with Gasteiger partial charge in [-0.2, -0.15) is 24.6 Å². The van der Waals surface area contributed by atoms with Gasteiger partial charge < -0.3 is 10.6 Å².